The molecule has 90 valence electrons. The Morgan fingerprint density at radius 2 is 2.18 bits per heavy atom. The van der Waals surface area contributed by atoms with E-state index in [9.17, 15) is 0 Å². The highest BCUT2D eigenvalue weighted by atomic mass is 35.5. The molecule has 0 saturated carbocycles. The molecule has 0 fully saturated rings. The number of hydrogen-bond donors (Lipinski definition) is 1. The van der Waals surface area contributed by atoms with Gasteiger partial charge in [-0.2, -0.15) is 4.98 Å². The van der Waals surface area contributed by atoms with Gasteiger partial charge in [0.1, 0.15) is 17.3 Å². The molecule has 0 bridgehead atoms. The summed E-state index contributed by atoms with van der Waals surface area (Å²) in [6, 6.07) is 0. The first kappa shape index (κ1) is 11.8. The zero-order valence-electron chi connectivity index (χ0n) is 9.35. The maximum Gasteiger partial charge on any atom is 0.228 e. The van der Waals surface area contributed by atoms with Crippen molar-refractivity contribution in [2.24, 2.45) is 0 Å². The Bertz CT molecular complexity index is 474. The van der Waals surface area contributed by atoms with Gasteiger partial charge in [-0.25, -0.2) is 9.97 Å². The normalized spacial score (nSPS) is 10.5. The Labute approximate surface area is 103 Å². The second-order valence-corrected chi connectivity index (χ2v) is 3.71. The van der Waals surface area contributed by atoms with E-state index in [1.165, 1.54) is 12.7 Å². The van der Waals surface area contributed by atoms with Crippen LogP contribution in [0.1, 0.15) is 18.4 Å². The van der Waals surface area contributed by atoms with Crippen LogP contribution in [-0.4, -0.2) is 26.7 Å². The Kier molecular flexibility index (Phi) is 3.87. The van der Waals surface area contributed by atoms with Crippen LogP contribution in [0.15, 0.2) is 17.2 Å². The quantitative estimate of drug-likeness (QED) is 0.818. The van der Waals surface area contributed by atoms with Gasteiger partial charge in [-0.05, 0) is 6.42 Å². The summed E-state index contributed by atoms with van der Waals surface area (Å²) in [5, 5.41) is 7.20. The molecular weight excluding hydrogens is 242 g/mol. The van der Waals surface area contributed by atoms with E-state index in [0.29, 0.717) is 24.0 Å². The molecule has 6 nitrogen and oxygen atoms in total. The molecule has 7 heteroatoms. The summed E-state index contributed by atoms with van der Waals surface area (Å²) in [7, 11) is 0. The highest BCUT2D eigenvalue weighted by molar-refractivity contribution is 6.30. The molecule has 0 radical (unpaired) electrons. The van der Waals surface area contributed by atoms with Crippen molar-refractivity contribution in [1.82, 2.24) is 20.1 Å². The molecule has 0 aromatic carbocycles. The van der Waals surface area contributed by atoms with E-state index in [2.05, 4.69) is 25.4 Å². The van der Waals surface area contributed by atoms with E-state index >= 15 is 0 Å². The summed E-state index contributed by atoms with van der Waals surface area (Å²) < 4.78 is 4.89. The lowest BCUT2D eigenvalue weighted by atomic mass is 10.2. The van der Waals surface area contributed by atoms with Crippen molar-refractivity contribution in [2.45, 2.75) is 19.8 Å². The monoisotopic (exact) mass is 253 g/mol. The van der Waals surface area contributed by atoms with Crippen LogP contribution in [-0.2, 0) is 12.8 Å². The molecule has 2 heterocycles. The standard InChI is InChI=1S/C10H12ClN5O/c1-2-7-9(11)14-5-15-10(7)12-4-3-8-13-6-16-17-8/h5-6H,2-4H2,1H3,(H,12,14,15). The molecule has 0 aliphatic carbocycles. The smallest absolute Gasteiger partial charge is 0.228 e. The maximum atomic E-state index is 5.98. The number of hydrogen-bond acceptors (Lipinski definition) is 6. The number of nitrogens with one attached hydrogen (secondary N) is 1. The van der Waals surface area contributed by atoms with Gasteiger partial charge in [0.25, 0.3) is 0 Å². The average Bonchev–Trinajstić information content (AvgIpc) is 2.82. The fourth-order valence-corrected chi connectivity index (χ4v) is 1.72. The number of rotatable bonds is 5. The zero-order chi connectivity index (χ0) is 12.1. The summed E-state index contributed by atoms with van der Waals surface area (Å²) in [5.41, 5.74) is 0.916. The predicted molar refractivity (Wildman–Crippen MR) is 62.9 cm³/mol. The lowest BCUT2D eigenvalue weighted by Crippen LogP contribution is -2.09. The van der Waals surface area contributed by atoms with Gasteiger partial charge in [-0.15, -0.1) is 0 Å². The minimum Gasteiger partial charge on any atom is -0.369 e. The van der Waals surface area contributed by atoms with Crippen molar-refractivity contribution in [2.75, 3.05) is 11.9 Å². The summed E-state index contributed by atoms with van der Waals surface area (Å²) in [6.07, 6.45) is 4.25. The van der Waals surface area contributed by atoms with Crippen LogP contribution in [0.3, 0.4) is 0 Å². The van der Waals surface area contributed by atoms with Crippen LogP contribution in [0.4, 0.5) is 5.82 Å². The highest BCUT2D eigenvalue weighted by Gasteiger charge is 2.07. The number of anilines is 1. The van der Waals surface area contributed by atoms with Crippen LogP contribution in [0, 0.1) is 0 Å². The van der Waals surface area contributed by atoms with Crippen molar-refractivity contribution in [1.29, 1.82) is 0 Å². The SMILES string of the molecule is CCc1c(Cl)ncnc1NCCc1ncno1. The van der Waals surface area contributed by atoms with Gasteiger partial charge >= 0.3 is 0 Å². The summed E-state index contributed by atoms with van der Waals surface area (Å²) in [6.45, 7) is 2.66. The Morgan fingerprint density at radius 1 is 1.29 bits per heavy atom. The second-order valence-electron chi connectivity index (χ2n) is 3.36. The van der Waals surface area contributed by atoms with Crippen molar-refractivity contribution >= 4 is 17.4 Å². The molecule has 0 spiro atoms. The van der Waals surface area contributed by atoms with Crippen molar-refractivity contribution in [3.8, 4) is 0 Å². The zero-order valence-corrected chi connectivity index (χ0v) is 10.1. The minimum absolute atomic E-state index is 0.489. The van der Waals surface area contributed by atoms with E-state index in [-0.39, 0.29) is 0 Å². The van der Waals surface area contributed by atoms with Crippen LogP contribution >= 0.6 is 11.6 Å². The van der Waals surface area contributed by atoms with E-state index in [1.807, 2.05) is 6.92 Å². The highest BCUT2D eigenvalue weighted by Crippen LogP contribution is 2.19. The Balaban J connectivity index is 1.97. The largest absolute Gasteiger partial charge is 0.369 e. The molecule has 0 aliphatic heterocycles. The van der Waals surface area contributed by atoms with Crippen molar-refractivity contribution in [3.05, 3.63) is 29.3 Å². The fourth-order valence-electron chi connectivity index (χ4n) is 1.45. The first-order valence-corrected chi connectivity index (χ1v) is 5.68. The van der Waals surface area contributed by atoms with Crippen LogP contribution in [0.25, 0.3) is 0 Å². The van der Waals surface area contributed by atoms with Crippen LogP contribution in [0.5, 0.6) is 0 Å². The topological polar surface area (TPSA) is 76.7 Å². The molecule has 0 atom stereocenters. The van der Waals surface area contributed by atoms with Crippen LogP contribution < -0.4 is 5.32 Å². The van der Waals surface area contributed by atoms with Gasteiger partial charge < -0.3 is 9.84 Å². The van der Waals surface area contributed by atoms with E-state index < -0.39 is 0 Å². The van der Waals surface area contributed by atoms with Crippen molar-refractivity contribution in [3.63, 3.8) is 0 Å². The predicted octanol–water partition coefficient (Wildman–Crippen LogP) is 1.73. The third-order valence-electron chi connectivity index (χ3n) is 2.28. The maximum absolute atomic E-state index is 5.98. The van der Waals surface area contributed by atoms with Gasteiger partial charge in [0.2, 0.25) is 5.89 Å². The van der Waals surface area contributed by atoms with Gasteiger partial charge in [0.15, 0.2) is 6.33 Å². The third-order valence-corrected chi connectivity index (χ3v) is 2.61. The Hall–Kier alpha value is -1.69. The number of nitrogens with zero attached hydrogens (tertiary/aromatic N) is 4. The lowest BCUT2D eigenvalue weighted by Gasteiger charge is -2.09. The first-order chi connectivity index (χ1) is 8.31. The fraction of sp³-hybridized carbons (Fsp3) is 0.400. The Morgan fingerprint density at radius 3 is 2.88 bits per heavy atom. The van der Waals surface area contributed by atoms with E-state index in [0.717, 1.165) is 17.8 Å². The molecular formula is C10H12ClN5O. The molecule has 17 heavy (non-hydrogen) atoms. The van der Waals surface area contributed by atoms with E-state index in [1.54, 1.807) is 0 Å². The molecule has 2 aromatic heterocycles. The molecule has 1 N–H and O–H groups in total. The molecule has 2 rings (SSSR count). The third kappa shape index (κ3) is 2.91. The number of halogens is 1. The summed E-state index contributed by atoms with van der Waals surface area (Å²) in [4.78, 5) is 12.0. The van der Waals surface area contributed by atoms with E-state index in [4.69, 9.17) is 16.1 Å². The van der Waals surface area contributed by atoms with Crippen LogP contribution in [0.2, 0.25) is 5.15 Å². The van der Waals surface area contributed by atoms with Gasteiger partial charge in [-0.3, -0.25) is 0 Å². The molecule has 2 aromatic rings. The minimum atomic E-state index is 0.489. The summed E-state index contributed by atoms with van der Waals surface area (Å²) >= 11 is 5.98. The average molecular weight is 254 g/mol. The molecule has 0 amide bonds. The molecule has 0 unspecified atom stereocenters. The van der Waals surface area contributed by atoms with Gasteiger partial charge in [-0.1, -0.05) is 23.7 Å². The molecule has 0 aliphatic rings. The number of aromatic nitrogens is 4. The molecule has 0 saturated heterocycles. The van der Waals surface area contributed by atoms with Crippen molar-refractivity contribution < 1.29 is 4.52 Å². The summed E-state index contributed by atoms with van der Waals surface area (Å²) in [5.74, 6) is 1.35. The van der Waals surface area contributed by atoms with Gasteiger partial charge in [0.05, 0.1) is 0 Å². The first-order valence-electron chi connectivity index (χ1n) is 5.30. The lowest BCUT2D eigenvalue weighted by molar-refractivity contribution is 0.379. The second kappa shape index (κ2) is 5.58. The van der Waals surface area contributed by atoms with Gasteiger partial charge in [0, 0.05) is 18.5 Å².